The van der Waals surface area contributed by atoms with Crippen molar-refractivity contribution in [3.8, 4) is 0 Å². The predicted octanol–water partition coefficient (Wildman–Crippen LogP) is 2.11. The summed E-state index contributed by atoms with van der Waals surface area (Å²) in [5.74, 6) is -0.305. The molecule has 3 amide bonds. The van der Waals surface area contributed by atoms with Crippen LogP contribution in [0.25, 0.3) is 0 Å². The van der Waals surface area contributed by atoms with Crippen molar-refractivity contribution in [3.05, 3.63) is 21.9 Å². The van der Waals surface area contributed by atoms with Gasteiger partial charge in [-0.1, -0.05) is 6.92 Å². The van der Waals surface area contributed by atoms with Crippen LogP contribution in [0.15, 0.2) is 16.5 Å². The third kappa shape index (κ3) is 2.03. The molecule has 0 radical (unpaired) electrons. The van der Waals surface area contributed by atoms with Gasteiger partial charge >= 0.3 is 6.03 Å². The fourth-order valence-corrected chi connectivity index (χ4v) is 2.42. The normalized spacial score (nSPS) is 24.1. The fourth-order valence-electron chi connectivity index (χ4n) is 1.64. The summed E-state index contributed by atoms with van der Waals surface area (Å²) in [6.45, 7) is 5.52. The van der Waals surface area contributed by atoms with Crippen LogP contribution in [-0.4, -0.2) is 28.7 Å². The Labute approximate surface area is 109 Å². The Hall–Kier alpha value is -1.69. The zero-order valence-electron chi connectivity index (χ0n) is 10.6. The third-order valence-corrected chi connectivity index (χ3v) is 4.09. The van der Waals surface area contributed by atoms with E-state index in [1.54, 1.807) is 13.1 Å². The molecule has 1 aliphatic rings. The van der Waals surface area contributed by atoms with Gasteiger partial charge in [-0.05, 0) is 37.3 Å². The van der Waals surface area contributed by atoms with Crippen molar-refractivity contribution < 1.29 is 9.59 Å². The highest BCUT2D eigenvalue weighted by Crippen LogP contribution is 2.21. The van der Waals surface area contributed by atoms with Gasteiger partial charge in [0.1, 0.15) is 5.54 Å². The maximum absolute atomic E-state index is 12.0. The SMILES string of the molecule is CCC1(C)NC(=O)N(/N=C/c2sccc2C)C1=O. The topological polar surface area (TPSA) is 61.8 Å². The first kappa shape index (κ1) is 12.8. The van der Waals surface area contributed by atoms with E-state index >= 15 is 0 Å². The maximum atomic E-state index is 12.0. The summed E-state index contributed by atoms with van der Waals surface area (Å²) in [6.07, 6.45) is 2.10. The van der Waals surface area contributed by atoms with Gasteiger partial charge in [-0.25, -0.2) is 4.79 Å². The molecule has 2 heterocycles. The highest BCUT2D eigenvalue weighted by atomic mass is 32.1. The fraction of sp³-hybridized carbons (Fsp3) is 0.417. The number of aryl methyl sites for hydroxylation is 1. The molecule has 1 unspecified atom stereocenters. The smallest absolute Gasteiger partial charge is 0.322 e. The summed E-state index contributed by atoms with van der Waals surface area (Å²) in [6, 6.07) is 1.50. The summed E-state index contributed by atoms with van der Waals surface area (Å²) in [5.41, 5.74) is 0.243. The van der Waals surface area contributed by atoms with Gasteiger partial charge in [-0.3, -0.25) is 4.79 Å². The van der Waals surface area contributed by atoms with E-state index in [-0.39, 0.29) is 5.91 Å². The van der Waals surface area contributed by atoms with E-state index in [0.717, 1.165) is 15.4 Å². The number of urea groups is 1. The number of nitrogens with one attached hydrogen (secondary N) is 1. The maximum Gasteiger partial charge on any atom is 0.346 e. The van der Waals surface area contributed by atoms with Gasteiger partial charge < -0.3 is 5.32 Å². The molecule has 18 heavy (non-hydrogen) atoms. The molecule has 0 aromatic carbocycles. The Morgan fingerprint density at radius 3 is 2.78 bits per heavy atom. The molecule has 6 heteroatoms. The van der Waals surface area contributed by atoms with Gasteiger partial charge in [0.2, 0.25) is 0 Å². The molecule has 1 atom stereocenters. The number of hydrogen-bond donors (Lipinski definition) is 1. The van der Waals surface area contributed by atoms with Crippen LogP contribution < -0.4 is 5.32 Å². The zero-order chi connectivity index (χ0) is 13.3. The van der Waals surface area contributed by atoms with E-state index < -0.39 is 11.6 Å². The van der Waals surface area contributed by atoms with Crippen LogP contribution in [0.1, 0.15) is 30.7 Å². The van der Waals surface area contributed by atoms with Gasteiger partial charge in [-0.15, -0.1) is 16.3 Å². The molecule has 1 aromatic rings. The number of carbonyl (C=O) groups is 2. The van der Waals surface area contributed by atoms with Gasteiger partial charge in [0.15, 0.2) is 0 Å². The molecule has 1 aromatic heterocycles. The van der Waals surface area contributed by atoms with Crippen LogP contribution >= 0.6 is 11.3 Å². The second kappa shape index (κ2) is 4.53. The van der Waals surface area contributed by atoms with E-state index in [0.29, 0.717) is 6.42 Å². The van der Waals surface area contributed by atoms with Gasteiger partial charge in [0.05, 0.1) is 11.1 Å². The van der Waals surface area contributed by atoms with Crippen LogP contribution in [-0.2, 0) is 4.79 Å². The van der Waals surface area contributed by atoms with Crippen molar-refractivity contribution in [2.45, 2.75) is 32.7 Å². The lowest BCUT2D eigenvalue weighted by Crippen LogP contribution is -2.42. The molecule has 1 aliphatic heterocycles. The van der Waals surface area contributed by atoms with Crippen molar-refractivity contribution in [3.63, 3.8) is 0 Å². The number of rotatable bonds is 3. The second-order valence-corrected chi connectivity index (χ2v) is 5.39. The molecule has 0 spiro atoms. The number of carbonyl (C=O) groups excluding carboxylic acids is 2. The highest BCUT2D eigenvalue weighted by molar-refractivity contribution is 7.11. The minimum Gasteiger partial charge on any atom is -0.322 e. The Bertz CT molecular complexity index is 523. The van der Waals surface area contributed by atoms with E-state index in [1.807, 2.05) is 25.3 Å². The molecule has 1 N–H and O–H groups in total. The third-order valence-electron chi connectivity index (χ3n) is 3.14. The zero-order valence-corrected chi connectivity index (χ0v) is 11.4. The summed E-state index contributed by atoms with van der Waals surface area (Å²) < 4.78 is 0. The number of hydrogen-bond acceptors (Lipinski definition) is 4. The van der Waals surface area contributed by atoms with Crippen LogP contribution in [0.4, 0.5) is 4.79 Å². The standard InChI is InChI=1S/C12H15N3O2S/c1-4-12(3)10(16)15(11(17)14-12)13-7-9-8(2)5-6-18-9/h5-7H,4H2,1-3H3,(H,14,17)/b13-7+. The minimum absolute atomic E-state index is 0.305. The summed E-state index contributed by atoms with van der Waals surface area (Å²) in [7, 11) is 0. The quantitative estimate of drug-likeness (QED) is 0.672. The van der Waals surface area contributed by atoms with Gasteiger partial charge in [-0.2, -0.15) is 5.10 Å². The molecular formula is C12H15N3O2S. The van der Waals surface area contributed by atoms with Crippen molar-refractivity contribution >= 4 is 29.5 Å². The molecule has 0 bridgehead atoms. The van der Waals surface area contributed by atoms with Gasteiger partial charge in [0, 0.05) is 0 Å². The molecule has 1 saturated heterocycles. The van der Waals surface area contributed by atoms with Crippen molar-refractivity contribution in [1.29, 1.82) is 0 Å². The minimum atomic E-state index is -0.834. The average Bonchev–Trinajstić information content (AvgIpc) is 2.82. The predicted molar refractivity (Wildman–Crippen MR) is 70.7 cm³/mol. The number of nitrogens with zero attached hydrogens (tertiary/aromatic N) is 2. The molecule has 1 fully saturated rings. The van der Waals surface area contributed by atoms with Crippen molar-refractivity contribution in [2.75, 3.05) is 0 Å². The Morgan fingerprint density at radius 1 is 1.56 bits per heavy atom. The van der Waals surface area contributed by atoms with Crippen LogP contribution in [0.5, 0.6) is 0 Å². The molecule has 96 valence electrons. The van der Waals surface area contributed by atoms with Crippen molar-refractivity contribution in [1.82, 2.24) is 10.3 Å². The Morgan fingerprint density at radius 2 is 2.28 bits per heavy atom. The van der Waals surface area contributed by atoms with Crippen LogP contribution in [0, 0.1) is 6.92 Å². The lowest BCUT2D eigenvalue weighted by molar-refractivity contribution is -0.130. The molecule has 0 aliphatic carbocycles. The molecule has 0 saturated carbocycles. The first-order valence-electron chi connectivity index (χ1n) is 5.72. The first-order chi connectivity index (χ1) is 8.48. The van der Waals surface area contributed by atoms with E-state index in [1.165, 1.54) is 11.3 Å². The lowest BCUT2D eigenvalue weighted by atomic mass is 10.00. The number of hydrazone groups is 1. The first-order valence-corrected chi connectivity index (χ1v) is 6.60. The molecule has 5 nitrogen and oxygen atoms in total. The van der Waals surface area contributed by atoms with Crippen LogP contribution in [0.2, 0.25) is 0 Å². The van der Waals surface area contributed by atoms with Gasteiger partial charge in [0.25, 0.3) is 5.91 Å². The number of imide groups is 1. The number of amides is 3. The molecule has 2 rings (SSSR count). The summed E-state index contributed by atoms with van der Waals surface area (Å²) in [4.78, 5) is 24.7. The molecular weight excluding hydrogens is 250 g/mol. The Kier molecular flexibility index (Phi) is 3.21. The van der Waals surface area contributed by atoms with E-state index in [9.17, 15) is 9.59 Å². The summed E-state index contributed by atoms with van der Waals surface area (Å²) in [5, 5.41) is 9.49. The second-order valence-electron chi connectivity index (χ2n) is 4.45. The lowest BCUT2D eigenvalue weighted by Gasteiger charge is -2.17. The average molecular weight is 265 g/mol. The van der Waals surface area contributed by atoms with Crippen molar-refractivity contribution in [2.24, 2.45) is 5.10 Å². The summed E-state index contributed by atoms with van der Waals surface area (Å²) >= 11 is 1.52. The number of thiophene rings is 1. The van der Waals surface area contributed by atoms with E-state index in [2.05, 4.69) is 10.4 Å². The largest absolute Gasteiger partial charge is 0.346 e. The monoisotopic (exact) mass is 265 g/mol. The van der Waals surface area contributed by atoms with E-state index in [4.69, 9.17) is 0 Å². The highest BCUT2D eigenvalue weighted by Gasteiger charge is 2.46. The van der Waals surface area contributed by atoms with Crippen LogP contribution in [0.3, 0.4) is 0 Å². The Balaban J connectivity index is 2.20.